The van der Waals surface area contributed by atoms with E-state index in [1.807, 2.05) is 12.1 Å². The van der Waals surface area contributed by atoms with Crippen LogP contribution >= 0.6 is 11.6 Å². The van der Waals surface area contributed by atoms with Crippen molar-refractivity contribution in [2.45, 2.75) is 12.8 Å². The number of aryl methyl sites for hydroxylation is 1. The summed E-state index contributed by atoms with van der Waals surface area (Å²) < 4.78 is 10.1. The van der Waals surface area contributed by atoms with Crippen molar-refractivity contribution in [3.8, 4) is 11.8 Å². The first-order valence-corrected chi connectivity index (χ1v) is 7.04. The Morgan fingerprint density at radius 2 is 1.86 bits per heavy atom. The van der Waals surface area contributed by atoms with Crippen molar-refractivity contribution in [1.82, 2.24) is 9.97 Å². The maximum atomic E-state index is 5.88. The molecule has 0 saturated carbocycles. The highest BCUT2D eigenvalue weighted by molar-refractivity contribution is 6.29. The Morgan fingerprint density at radius 3 is 2.52 bits per heavy atom. The molecule has 0 unspecified atom stereocenters. The number of aromatic nitrogens is 2. The molecule has 112 valence electrons. The van der Waals surface area contributed by atoms with Gasteiger partial charge in [0.05, 0.1) is 14.2 Å². The van der Waals surface area contributed by atoms with Crippen molar-refractivity contribution in [3.63, 3.8) is 0 Å². The van der Waals surface area contributed by atoms with E-state index in [1.165, 1.54) is 12.7 Å². The van der Waals surface area contributed by atoms with Crippen molar-refractivity contribution < 1.29 is 9.47 Å². The van der Waals surface area contributed by atoms with Crippen LogP contribution in [0.15, 0.2) is 30.3 Å². The first-order chi connectivity index (χ1) is 10.2. The normalized spacial score (nSPS) is 10.2. The van der Waals surface area contributed by atoms with E-state index in [2.05, 4.69) is 27.4 Å². The summed E-state index contributed by atoms with van der Waals surface area (Å²) in [6.07, 6.45) is 1.96. The minimum Gasteiger partial charge on any atom is -0.497 e. The second kappa shape index (κ2) is 7.69. The van der Waals surface area contributed by atoms with Gasteiger partial charge in [-0.1, -0.05) is 23.7 Å². The second-order valence-electron chi connectivity index (χ2n) is 4.44. The lowest BCUT2D eigenvalue weighted by atomic mass is 10.1. The maximum absolute atomic E-state index is 5.88. The number of rotatable bonds is 7. The SMILES string of the molecule is COc1ccc(CCCNc2cc(Cl)nc(OC)n2)cc1. The zero-order chi connectivity index (χ0) is 15.1. The van der Waals surface area contributed by atoms with Gasteiger partial charge in [0, 0.05) is 12.6 Å². The second-order valence-corrected chi connectivity index (χ2v) is 4.83. The van der Waals surface area contributed by atoms with Gasteiger partial charge >= 0.3 is 6.01 Å². The number of ether oxygens (including phenoxy) is 2. The van der Waals surface area contributed by atoms with Gasteiger partial charge in [-0.15, -0.1) is 0 Å². The quantitative estimate of drug-likeness (QED) is 0.629. The number of halogens is 1. The average molecular weight is 308 g/mol. The van der Waals surface area contributed by atoms with E-state index in [1.54, 1.807) is 13.2 Å². The molecule has 0 aliphatic heterocycles. The van der Waals surface area contributed by atoms with Crippen LogP contribution in [0.25, 0.3) is 0 Å². The number of methoxy groups -OCH3 is 2. The Balaban J connectivity index is 1.80. The van der Waals surface area contributed by atoms with Crippen LogP contribution in [0.3, 0.4) is 0 Å². The van der Waals surface area contributed by atoms with Crippen LogP contribution in [0, 0.1) is 0 Å². The van der Waals surface area contributed by atoms with Gasteiger partial charge in [-0.2, -0.15) is 9.97 Å². The number of nitrogens with one attached hydrogen (secondary N) is 1. The number of benzene rings is 1. The van der Waals surface area contributed by atoms with Gasteiger partial charge < -0.3 is 14.8 Å². The molecule has 0 aliphatic carbocycles. The van der Waals surface area contributed by atoms with Crippen molar-refractivity contribution >= 4 is 17.4 Å². The van der Waals surface area contributed by atoms with E-state index >= 15 is 0 Å². The molecule has 21 heavy (non-hydrogen) atoms. The van der Waals surface area contributed by atoms with Crippen LogP contribution in [0.1, 0.15) is 12.0 Å². The lowest BCUT2D eigenvalue weighted by molar-refractivity contribution is 0.380. The maximum Gasteiger partial charge on any atom is 0.319 e. The molecule has 0 radical (unpaired) electrons. The lowest BCUT2D eigenvalue weighted by Gasteiger charge is -2.07. The van der Waals surface area contributed by atoms with Crippen LogP contribution in [-0.4, -0.2) is 30.7 Å². The van der Waals surface area contributed by atoms with Crippen molar-refractivity contribution in [3.05, 3.63) is 41.0 Å². The molecule has 0 amide bonds. The highest BCUT2D eigenvalue weighted by Crippen LogP contribution is 2.16. The Morgan fingerprint density at radius 1 is 1.10 bits per heavy atom. The highest BCUT2D eigenvalue weighted by atomic mass is 35.5. The van der Waals surface area contributed by atoms with E-state index in [4.69, 9.17) is 21.1 Å². The largest absolute Gasteiger partial charge is 0.497 e. The summed E-state index contributed by atoms with van der Waals surface area (Å²) in [7, 11) is 3.18. The summed E-state index contributed by atoms with van der Waals surface area (Å²) in [6, 6.07) is 10.0. The molecule has 0 aliphatic rings. The van der Waals surface area contributed by atoms with Gasteiger partial charge in [0.1, 0.15) is 16.7 Å². The molecule has 1 heterocycles. The Bertz CT molecular complexity index is 576. The van der Waals surface area contributed by atoms with E-state index in [-0.39, 0.29) is 6.01 Å². The molecule has 0 bridgehead atoms. The average Bonchev–Trinajstić information content (AvgIpc) is 2.51. The summed E-state index contributed by atoms with van der Waals surface area (Å²) in [6.45, 7) is 0.794. The molecule has 0 spiro atoms. The van der Waals surface area contributed by atoms with Gasteiger partial charge in [-0.05, 0) is 30.5 Å². The Labute approximate surface area is 129 Å². The van der Waals surface area contributed by atoms with E-state index < -0.39 is 0 Å². The van der Waals surface area contributed by atoms with Crippen LogP contribution < -0.4 is 14.8 Å². The fourth-order valence-corrected chi connectivity index (χ4v) is 2.06. The van der Waals surface area contributed by atoms with Gasteiger partial charge in [-0.3, -0.25) is 0 Å². The molecule has 1 aromatic heterocycles. The molecule has 1 N–H and O–H groups in total. The fraction of sp³-hybridized carbons (Fsp3) is 0.333. The molecular weight excluding hydrogens is 290 g/mol. The third kappa shape index (κ3) is 4.79. The van der Waals surface area contributed by atoms with E-state index in [9.17, 15) is 0 Å². The summed E-state index contributed by atoms with van der Waals surface area (Å²) in [5, 5.41) is 3.57. The molecular formula is C15H18ClN3O2. The van der Waals surface area contributed by atoms with Crippen LogP contribution in [0.2, 0.25) is 5.15 Å². The van der Waals surface area contributed by atoms with Crippen molar-refractivity contribution in [2.24, 2.45) is 0 Å². The molecule has 0 atom stereocenters. The van der Waals surface area contributed by atoms with Gasteiger partial charge in [-0.25, -0.2) is 0 Å². The zero-order valence-corrected chi connectivity index (χ0v) is 12.9. The first kappa shape index (κ1) is 15.4. The summed E-state index contributed by atoms with van der Waals surface area (Å²) in [5.41, 5.74) is 1.27. The zero-order valence-electron chi connectivity index (χ0n) is 12.1. The molecule has 5 nitrogen and oxygen atoms in total. The number of anilines is 1. The number of nitrogens with zero attached hydrogens (tertiary/aromatic N) is 2. The van der Waals surface area contributed by atoms with Gasteiger partial charge in [0.25, 0.3) is 0 Å². The summed E-state index contributed by atoms with van der Waals surface area (Å²) in [5.74, 6) is 1.54. The molecule has 0 fully saturated rings. The van der Waals surface area contributed by atoms with E-state index in [0.29, 0.717) is 11.0 Å². The highest BCUT2D eigenvalue weighted by Gasteiger charge is 2.02. The molecule has 2 rings (SSSR count). The van der Waals surface area contributed by atoms with E-state index in [0.717, 1.165) is 25.1 Å². The van der Waals surface area contributed by atoms with Crippen molar-refractivity contribution in [2.75, 3.05) is 26.1 Å². The third-order valence-electron chi connectivity index (χ3n) is 2.96. The monoisotopic (exact) mass is 307 g/mol. The van der Waals surface area contributed by atoms with Gasteiger partial charge in [0.2, 0.25) is 0 Å². The summed E-state index contributed by atoms with van der Waals surface area (Å²) in [4.78, 5) is 8.10. The predicted octanol–water partition coefficient (Wildman–Crippen LogP) is 3.19. The molecule has 0 saturated heterocycles. The first-order valence-electron chi connectivity index (χ1n) is 6.66. The standard InChI is InChI=1S/C15H18ClN3O2/c1-20-12-7-5-11(6-8-12)4-3-9-17-14-10-13(16)18-15(19-14)21-2/h5-8,10H,3-4,9H2,1-2H3,(H,17,18,19). The summed E-state index contributed by atoms with van der Waals surface area (Å²) >= 11 is 5.88. The minimum absolute atomic E-state index is 0.264. The van der Waals surface area contributed by atoms with Crippen LogP contribution in [0.5, 0.6) is 11.8 Å². The third-order valence-corrected chi connectivity index (χ3v) is 3.16. The predicted molar refractivity (Wildman–Crippen MR) is 83.4 cm³/mol. The number of hydrogen-bond donors (Lipinski definition) is 1. The fourth-order valence-electron chi connectivity index (χ4n) is 1.88. The van der Waals surface area contributed by atoms with Crippen molar-refractivity contribution in [1.29, 1.82) is 0 Å². The molecule has 2 aromatic rings. The van der Waals surface area contributed by atoms with Crippen LogP contribution in [0.4, 0.5) is 5.82 Å². The van der Waals surface area contributed by atoms with Gasteiger partial charge in [0.15, 0.2) is 0 Å². The topological polar surface area (TPSA) is 56.3 Å². The Kier molecular flexibility index (Phi) is 5.63. The minimum atomic E-state index is 0.264. The smallest absolute Gasteiger partial charge is 0.319 e. The Hall–Kier alpha value is -2.01. The number of hydrogen-bond acceptors (Lipinski definition) is 5. The van der Waals surface area contributed by atoms with Crippen LogP contribution in [-0.2, 0) is 6.42 Å². The molecule has 1 aromatic carbocycles. The lowest BCUT2D eigenvalue weighted by Crippen LogP contribution is -2.06. The molecule has 6 heteroatoms.